The molecule has 0 unspecified atom stereocenters. The summed E-state index contributed by atoms with van der Waals surface area (Å²) in [6.07, 6.45) is 7.75. The highest BCUT2D eigenvalue weighted by atomic mass is 35.5. The van der Waals surface area contributed by atoms with Gasteiger partial charge in [-0.25, -0.2) is 4.52 Å². The zero-order chi connectivity index (χ0) is 16.7. The molecule has 5 nitrogen and oxygen atoms in total. The molecule has 0 saturated carbocycles. The van der Waals surface area contributed by atoms with E-state index >= 15 is 0 Å². The number of rotatable bonds is 3. The number of hydrogen-bond acceptors (Lipinski definition) is 3. The fraction of sp³-hybridized carbons (Fsp3) is 0.158. The summed E-state index contributed by atoms with van der Waals surface area (Å²) >= 11 is 0. The van der Waals surface area contributed by atoms with Gasteiger partial charge in [-0.3, -0.25) is 4.68 Å². The first-order chi connectivity index (χ1) is 11.7. The predicted octanol–water partition coefficient (Wildman–Crippen LogP) is 4.01. The Kier molecular flexibility index (Phi) is 6.08. The fourth-order valence-electron chi connectivity index (χ4n) is 3.08. The monoisotopic (exact) mass is 389 g/mol. The van der Waals surface area contributed by atoms with E-state index in [0.717, 1.165) is 22.2 Å². The SMILES string of the molecule is Cc1cc(-c2cc(-c3cnn(C)c3)cn3nccc23)ccc1CN.Cl.Cl. The van der Waals surface area contributed by atoms with Crippen LogP contribution in [0.2, 0.25) is 0 Å². The van der Waals surface area contributed by atoms with Crippen molar-refractivity contribution < 1.29 is 0 Å². The topological polar surface area (TPSA) is 61.1 Å². The van der Waals surface area contributed by atoms with Crippen molar-refractivity contribution in [2.24, 2.45) is 12.8 Å². The van der Waals surface area contributed by atoms with Gasteiger partial charge in [-0.1, -0.05) is 18.2 Å². The normalized spacial score (nSPS) is 10.4. The molecule has 0 fully saturated rings. The highest BCUT2D eigenvalue weighted by molar-refractivity contribution is 5.86. The third kappa shape index (κ3) is 3.46. The van der Waals surface area contributed by atoms with Gasteiger partial charge in [0.15, 0.2) is 0 Å². The van der Waals surface area contributed by atoms with E-state index in [2.05, 4.69) is 41.4 Å². The molecule has 0 aliphatic carbocycles. The Morgan fingerprint density at radius 3 is 2.42 bits per heavy atom. The lowest BCUT2D eigenvalue weighted by Crippen LogP contribution is -1.99. The van der Waals surface area contributed by atoms with Crippen LogP contribution in [0.3, 0.4) is 0 Å². The Balaban J connectivity index is 0.00000121. The fourth-order valence-corrected chi connectivity index (χ4v) is 3.08. The summed E-state index contributed by atoms with van der Waals surface area (Å²) in [5.41, 5.74) is 13.7. The second-order valence-electron chi connectivity index (χ2n) is 6.05. The van der Waals surface area contributed by atoms with Gasteiger partial charge in [-0.15, -0.1) is 24.8 Å². The van der Waals surface area contributed by atoms with Crippen LogP contribution in [0.15, 0.2) is 55.1 Å². The molecule has 1 aromatic carbocycles. The number of hydrogen-bond donors (Lipinski definition) is 1. The van der Waals surface area contributed by atoms with Crippen molar-refractivity contribution in [1.82, 2.24) is 19.4 Å². The number of aryl methyl sites for hydroxylation is 2. The lowest BCUT2D eigenvalue weighted by Gasteiger charge is -2.10. The Hall–Kier alpha value is -2.34. The number of nitrogens with zero attached hydrogens (tertiary/aromatic N) is 4. The molecule has 0 aliphatic heterocycles. The summed E-state index contributed by atoms with van der Waals surface area (Å²) in [6.45, 7) is 2.66. The summed E-state index contributed by atoms with van der Waals surface area (Å²) in [6, 6.07) is 10.7. The summed E-state index contributed by atoms with van der Waals surface area (Å²) in [5, 5.41) is 8.70. The first kappa shape index (κ1) is 20.0. The Morgan fingerprint density at radius 2 is 1.77 bits per heavy atom. The summed E-state index contributed by atoms with van der Waals surface area (Å²) in [4.78, 5) is 0. The van der Waals surface area contributed by atoms with Crippen LogP contribution in [-0.2, 0) is 13.6 Å². The molecule has 26 heavy (non-hydrogen) atoms. The number of benzene rings is 1. The molecule has 0 saturated heterocycles. The summed E-state index contributed by atoms with van der Waals surface area (Å²) in [5.74, 6) is 0. The minimum Gasteiger partial charge on any atom is -0.326 e. The number of pyridine rings is 1. The average molecular weight is 390 g/mol. The molecule has 0 atom stereocenters. The van der Waals surface area contributed by atoms with Gasteiger partial charge in [0, 0.05) is 48.9 Å². The van der Waals surface area contributed by atoms with Crippen LogP contribution < -0.4 is 5.73 Å². The smallest absolute Gasteiger partial charge is 0.0740 e. The molecule has 4 rings (SSSR count). The van der Waals surface area contributed by atoms with Crippen LogP contribution in [0.5, 0.6) is 0 Å². The lowest BCUT2D eigenvalue weighted by molar-refractivity contribution is 0.768. The lowest BCUT2D eigenvalue weighted by atomic mass is 9.98. The number of aromatic nitrogens is 4. The van der Waals surface area contributed by atoms with Crippen LogP contribution >= 0.6 is 24.8 Å². The Labute approximate surface area is 164 Å². The van der Waals surface area contributed by atoms with Crippen LogP contribution in [0.1, 0.15) is 11.1 Å². The Bertz CT molecular complexity index is 1040. The van der Waals surface area contributed by atoms with Crippen molar-refractivity contribution in [1.29, 1.82) is 0 Å². The standard InChI is InChI=1S/C19H19N5.2ClH/c1-13-7-14(3-4-15(13)9-20)18-8-16(17-10-22-23(2)11-17)12-24-19(18)5-6-21-24;;/h3-8,10-12H,9,20H2,1-2H3;2*1H. The van der Waals surface area contributed by atoms with Crippen molar-refractivity contribution >= 4 is 30.3 Å². The maximum absolute atomic E-state index is 5.79. The van der Waals surface area contributed by atoms with Crippen molar-refractivity contribution in [2.75, 3.05) is 0 Å². The minimum absolute atomic E-state index is 0. The van der Waals surface area contributed by atoms with E-state index in [1.165, 1.54) is 16.7 Å². The van der Waals surface area contributed by atoms with Gasteiger partial charge in [-0.2, -0.15) is 10.2 Å². The van der Waals surface area contributed by atoms with Crippen molar-refractivity contribution in [2.45, 2.75) is 13.5 Å². The highest BCUT2D eigenvalue weighted by Gasteiger charge is 2.11. The molecule has 0 spiro atoms. The summed E-state index contributed by atoms with van der Waals surface area (Å²) in [7, 11) is 1.92. The zero-order valence-corrected chi connectivity index (χ0v) is 16.2. The second kappa shape index (κ2) is 7.91. The molecule has 4 aromatic rings. The molecule has 7 heteroatoms. The van der Waals surface area contributed by atoms with E-state index in [4.69, 9.17) is 5.73 Å². The summed E-state index contributed by atoms with van der Waals surface area (Å²) < 4.78 is 3.73. The van der Waals surface area contributed by atoms with Gasteiger partial charge in [0.2, 0.25) is 0 Å². The van der Waals surface area contributed by atoms with E-state index in [0.29, 0.717) is 6.54 Å². The van der Waals surface area contributed by atoms with Crippen molar-refractivity contribution in [3.63, 3.8) is 0 Å². The van der Waals surface area contributed by atoms with E-state index < -0.39 is 0 Å². The van der Waals surface area contributed by atoms with Crippen LogP contribution in [0.25, 0.3) is 27.8 Å². The minimum atomic E-state index is 0. The quantitative estimate of drug-likeness (QED) is 0.575. The van der Waals surface area contributed by atoms with Crippen LogP contribution in [-0.4, -0.2) is 19.4 Å². The van der Waals surface area contributed by atoms with Crippen LogP contribution in [0.4, 0.5) is 0 Å². The Morgan fingerprint density at radius 1 is 0.962 bits per heavy atom. The van der Waals surface area contributed by atoms with Gasteiger partial charge in [-0.05, 0) is 35.7 Å². The zero-order valence-electron chi connectivity index (χ0n) is 14.6. The molecular weight excluding hydrogens is 369 g/mol. The maximum Gasteiger partial charge on any atom is 0.0740 e. The van der Waals surface area contributed by atoms with E-state index in [1.807, 2.05) is 47.1 Å². The number of halogens is 2. The molecule has 0 aliphatic rings. The first-order valence-corrected chi connectivity index (χ1v) is 7.92. The molecular formula is C19H21Cl2N5. The number of nitrogens with two attached hydrogens (primary N) is 1. The van der Waals surface area contributed by atoms with E-state index in [-0.39, 0.29) is 24.8 Å². The predicted molar refractivity (Wildman–Crippen MR) is 110 cm³/mol. The highest BCUT2D eigenvalue weighted by Crippen LogP contribution is 2.31. The van der Waals surface area contributed by atoms with Gasteiger partial charge in [0.25, 0.3) is 0 Å². The van der Waals surface area contributed by atoms with Crippen LogP contribution in [0, 0.1) is 6.92 Å². The third-order valence-corrected chi connectivity index (χ3v) is 4.42. The molecule has 0 radical (unpaired) electrons. The largest absolute Gasteiger partial charge is 0.326 e. The maximum atomic E-state index is 5.79. The van der Waals surface area contributed by atoms with E-state index in [9.17, 15) is 0 Å². The molecule has 136 valence electrons. The van der Waals surface area contributed by atoms with Gasteiger partial charge >= 0.3 is 0 Å². The van der Waals surface area contributed by atoms with Crippen molar-refractivity contribution in [3.05, 3.63) is 66.2 Å². The average Bonchev–Trinajstić information content (AvgIpc) is 3.22. The third-order valence-electron chi connectivity index (χ3n) is 4.42. The molecule has 2 N–H and O–H groups in total. The molecule has 3 aromatic heterocycles. The van der Waals surface area contributed by atoms with E-state index in [1.54, 1.807) is 0 Å². The second-order valence-corrected chi connectivity index (χ2v) is 6.05. The molecule has 0 amide bonds. The molecule has 0 bridgehead atoms. The van der Waals surface area contributed by atoms with Gasteiger partial charge < -0.3 is 5.73 Å². The molecule has 3 heterocycles. The first-order valence-electron chi connectivity index (χ1n) is 7.92. The van der Waals surface area contributed by atoms with Gasteiger partial charge in [0.1, 0.15) is 0 Å². The number of fused-ring (bicyclic) bond motifs is 1. The van der Waals surface area contributed by atoms with Gasteiger partial charge in [0.05, 0.1) is 11.7 Å². The van der Waals surface area contributed by atoms with Crippen molar-refractivity contribution in [3.8, 4) is 22.3 Å².